The Morgan fingerprint density at radius 2 is 1.87 bits per heavy atom. The van der Waals surface area contributed by atoms with Crippen molar-refractivity contribution in [3.8, 4) is 11.5 Å². The van der Waals surface area contributed by atoms with Crippen LogP contribution in [0.2, 0.25) is 0 Å². The molecule has 0 bridgehead atoms. The van der Waals surface area contributed by atoms with Crippen molar-refractivity contribution in [2.24, 2.45) is 5.92 Å². The molecule has 3 rings (SSSR count). The Bertz CT molecular complexity index is 478. The molecule has 1 aliphatic carbocycles. The molecule has 1 heterocycles. The number of piperazine rings is 1. The van der Waals surface area contributed by atoms with Gasteiger partial charge in [0.1, 0.15) is 0 Å². The minimum absolute atomic E-state index is 0. The molecule has 1 atom stereocenters. The van der Waals surface area contributed by atoms with Gasteiger partial charge < -0.3 is 14.8 Å². The third-order valence-electron chi connectivity index (χ3n) is 4.44. The van der Waals surface area contributed by atoms with Crippen LogP contribution in [0.15, 0.2) is 18.2 Å². The SMILES string of the molecule is CCOc1ccc([C@@H](C2CC2)N2CCNCC2)cc1OC.Cl.Cl. The molecule has 0 unspecified atom stereocenters. The smallest absolute Gasteiger partial charge is 0.161 e. The number of nitrogens with one attached hydrogen (secondary N) is 1. The highest BCUT2D eigenvalue weighted by Crippen LogP contribution is 2.46. The molecule has 2 fully saturated rings. The fraction of sp³-hybridized carbons (Fsp3) is 0.647. The number of ether oxygens (including phenoxy) is 2. The van der Waals surface area contributed by atoms with Gasteiger partial charge in [-0.1, -0.05) is 6.07 Å². The summed E-state index contributed by atoms with van der Waals surface area (Å²) in [4.78, 5) is 2.63. The summed E-state index contributed by atoms with van der Waals surface area (Å²) in [6, 6.07) is 7.00. The maximum absolute atomic E-state index is 5.64. The summed E-state index contributed by atoms with van der Waals surface area (Å²) >= 11 is 0. The zero-order valence-corrected chi connectivity index (χ0v) is 15.5. The van der Waals surface area contributed by atoms with E-state index >= 15 is 0 Å². The van der Waals surface area contributed by atoms with Crippen LogP contribution in [0.4, 0.5) is 0 Å². The number of nitrogens with zero attached hydrogens (tertiary/aromatic N) is 1. The van der Waals surface area contributed by atoms with Gasteiger partial charge in [-0.2, -0.15) is 0 Å². The Hall–Kier alpha value is -0.680. The van der Waals surface area contributed by atoms with E-state index in [9.17, 15) is 0 Å². The summed E-state index contributed by atoms with van der Waals surface area (Å²) < 4.78 is 11.2. The first kappa shape index (κ1) is 20.4. The van der Waals surface area contributed by atoms with Crippen LogP contribution in [-0.4, -0.2) is 44.8 Å². The lowest BCUT2D eigenvalue weighted by atomic mass is 9.99. The number of rotatable bonds is 6. The third-order valence-corrected chi connectivity index (χ3v) is 4.44. The molecule has 1 aromatic rings. The van der Waals surface area contributed by atoms with E-state index < -0.39 is 0 Å². The predicted octanol–water partition coefficient (Wildman–Crippen LogP) is 3.29. The van der Waals surface area contributed by atoms with Crippen LogP contribution in [0, 0.1) is 5.92 Å². The number of hydrogen-bond acceptors (Lipinski definition) is 4. The van der Waals surface area contributed by atoms with E-state index in [2.05, 4.69) is 28.4 Å². The highest BCUT2D eigenvalue weighted by atomic mass is 35.5. The summed E-state index contributed by atoms with van der Waals surface area (Å²) in [5.41, 5.74) is 1.37. The van der Waals surface area contributed by atoms with Gasteiger partial charge in [0, 0.05) is 32.2 Å². The zero-order chi connectivity index (χ0) is 14.7. The summed E-state index contributed by atoms with van der Waals surface area (Å²) in [6.07, 6.45) is 2.70. The lowest BCUT2D eigenvalue weighted by Crippen LogP contribution is -2.45. The van der Waals surface area contributed by atoms with Gasteiger partial charge >= 0.3 is 0 Å². The van der Waals surface area contributed by atoms with E-state index in [1.807, 2.05) is 6.92 Å². The van der Waals surface area contributed by atoms with Gasteiger partial charge in [0.25, 0.3) is 0 Å². The molecule has 132 valence electrons. The molecule has 1 aromatic carbocycles. The Morgan fingerprint density at radius 1 is 1.17 bits per heavy atom. The van der Waals surface area contributed by atoms with Crippen molar-refractivity contribution in [2.45, 2.75) is 25.8 Å². The van der Waals surface area contributed by atoms with Crippen LogP contribution in [-0.2, 0) is 0 Å². The molecular weight excluding hydrogens is 335 g/mol. The fourth-order valence-electron chi connectivity index (χ4n) is 3.30. The summed E-state index contributed by atoms with van der Waals surface area (Å²) in [5.74, 6) is 2.51. The molecule has 0 amide bonds. The highest BCUT2D eigenvalue weighted by Gasteiger charge is 2.37. The van der Waals surface area contributed by atoms with E-state index in [-0.39, 0.29) is 24.8 Å². The van der Waals surface area contributed by atoms with Crippen molar-refractivity contribution in [3.05, 3.63) is 23.8 Å². The van der Waals surface area contributed by atoms with Crippen molar-refractivity contribution in [1.29, 1.82) is 0 Å². The maximum atomic E-state index is 5.64. The molecule has 1 saturated carbocycles. The molecule has 0 spiro atoms. The van der Waals surface area contributed by atoms with Gasteiger partial charge in [-0.3, -0.25) is 4.90 Å². The first-order valence-electron chi connectivity index (χ1n) is 8.09. The first-order chi connectivity index (χ1) is 10.3. The Morgan fingerprint density at radius 3 is 2.43 bits per heavy atom. The van der Waals surface area contributed by atoms with Crippen molar-refractivity contribution in [3.63, 3.8) is 0 Å². The number of methoxy groups -OCH3 is 1. The molecule has 1 N–H and O–H groups in total. The molecule has 1 aliphatic heterocycles. The monoisotopic (exact) mass is 362 g/mol. The van der Waals surface area contributed by atoms with Crippen LogP contribution < -0.4 is 14.8 Å². The largest absolute Gasteiger partial charge is 0.493 e. The zero-order valence-electron chi connectivity index (χ0n) is 13.9. The minimum Gasteiger partial charge on any atom is -0.493 e. The second-order valence-electron chi connectivity index (χ2n) is 5.91. The molecule has 23 heavy (non-hydrogen) atoms. The summed E-state index contributed by atoms with van der Waals surface area (Å²) in [7, 11) is 1.72. The van der Waals surface area contributed by atoms with Crippen LogP contribution in [0.3, 0.4) is 0 Å². The minimum atomic E-state index is 0. The highest BCUT2D eigenvalue weighted by molar-refractivity contribution is 5.85. The molecule has 1 saturated heterocycles. The van der Waals surface area contributed by atoms with Crippen LogP contribution in [0.1, 0.15) is 31.4 Å². The van der Waals surface area contributed by atoms with E-state index in [1.54, 1.807) is 7.11 Å². The van der Waals surface area contributed by atoms with Gasteiger partial charge in [-0.25, -0.2) is 0 Å². The maximum Gasteiger partial charge on any atom is 0.161 e. The second kappa shape index (κ2) is 9.58. The average molecular weight is 363 g/mol. The van der Waals surface area contributed by atoms with Gasteiger partial charge in [-0.15, -0.1) is 24.8 Å². The molecule has 6 heteroatoms. The summed E-state index contributed by atoms with van der Waals surface area (Å²) in [5, 5.41) is 3.44. The fourth-order valence-corrected chi connectivity index (χ4v) is 3.30. The van der Waals surface area contributed by atoms with Gasteiger partial charge in [0.15, 0.2) is 11.5 Å². The van der Waals surface area contributed by atoms with Crippen LogP contribution >= 0.6 is 24.8 Å². The Balaban J connectivity index is 0.00000132. The van der Waals surface area contributed by atoms with E-state index in [4.69, 9.17) is 9.47 Å². The Kier molecular flexibility index (Phi) is 8.48. The van der Waals surface area contributed by atoms with E-state index in [1.165, 1.54) is 18.4 Å². The average Bonchev–Trinajstić information content (AvgIpc) is 3.35. The Labute approximate surface area is 151 Å². The van der Waals surface area contributed by atoms with E-state index in [0.29, 0.717) is 12.6 Å². The van der Waals surface area contributed by atoms with Crippen molar-refractivity contribution in [1.82, 2.24) is 10.2 Å². The third kappa shape index (κ3) is 4.90. The van der Waals surface area contributed by atoms with Crippen molar-refractivity contribution < 1.29 is 9.47 Å². The molecule has 0 radical (unpaired) electrons. The lowest BCUT2D eigenvalue weighted by molar-refractivity contribution is 0.156. The quantitative estimate of drug-likeness (QED) is 0.841. The lowest BCUT2D eigenvalue weighted by Gasteiger charge is -2.35. The molecule has 4 nitrogen and oxygen atoms in total. The van der Waals surface area contributed by atoms with Gasteiger partial charge in [-0.05, 0) is 43.4 Å². The number of hydrogen-bond donors (Lipinski definition) is 1. The van der Waals surface area contributed by atoms with Crippen molar-refractivity contribution >= 4 is 24.8 Å². The van der Waals surface area contributed by atoms with Crippen molar-refractivity contribution in [2.75, 3.05) is 39.9 Å². The summed E-state index contributed by atoms with van der Waals surface area (Å²) in [6.45, 7) is 7.13. The van der Waals surface area contributed by atoms with Gasteiger partial charge in [0.2, 0.25) is 0 Å². The normalized spacial score (nSPS) is 19.2. The molecule has 2 aliphatic rings. The first-order valence-corrected chi connectivity index (χ1v) is 8.09. The molecule has 0 aromatic heterocycles. The number of halogens is 2. The topological polar surface area (TPSA) is 33.7 Å². The number of benzene rings is 1. The van der Waals surface area contributed by atoms with E-state index in [0.717, 1.165) is 43.6 Å². The van der Waals surface area contributed by atoms with Crippen LogP contribution in [0.25, 0.3) is 0 Å². The second-order valence-corrected chi connectivity index (χ2v) is 5.91. The predicted molar refractivity (Wildman–Crippen MR) is 98.6 cm³/mol. The van der Waals surface area contributed by atoms with Gasteiger partial charge in [0.05, 0.1) is 13.7 Å². The molecular formula is C17H28Cl2N2O2. The van der Waals surface area contributed by atoms with Crippen LogP contribution in [0.5, 0.6) is 11.5 Å². The standard InChI is InChI=1S/C17H26N2O2.2ClH/c1-3-21-15-7-6-14(12-16(15)20-2)17(13-4-5-13)19-10-8-18-9-11-19;;/h6-7,12-13,17-18H,3-5,8-11H2,1-2H3;2*1H/t17-;;/m1../s1.